The molecule has 1 heterocycles. The van der Waals surface area contributed by atoms with Gasteiger partial charge in [-0.15, -0.1) is 0 Å². The molecule has 90 valence electrons. The molecular formula is C13H22N2O. The Morgan fingerprint density at radius 1 is 1.31 bits per heavy atom. The van der Waals surface area contributed by atoms with E-state index < -0.39 is 0 Å². The molecule has 1 rings (SSSR count). The van der Waals surface area contributed by atoms with E-state index in [-0.39, 0.29) is 0 Å². The van der Waals surface area contributed by atoms with Crippen molar-refractivity contribution in [2.75, 3.05) is 13.7 Å². The Bertz CT molecular complexity index is 289. The van der Waals surface area contributed by atoms with Gasteiger partial charge in [0.1, 0.15) is 5.75 Å². The number of pyridine rings is 1. The Morgan fingerprint density at radius 2 is 2.19 bits per heavy atom. The van der Waals surface area contributed by atoms with Crippen LogP contribution in [0.2, 0.25) is 0 Å². The number of aromatic nitrogens is 1. The lowest BCUT2D eigenvalue weighted by molar-refractivity contribution is 0.304. The number of ether oxygens (including phenoxy) is 1. The molecule has 0 saturated carbocycles. The molecule has 0 saturated heterocycles. The van der Waals surface area contributed by atoms with Crippen LogP contribution in [-0.2, 0) is 6.54 Å². The van der Waals surface area contributed by atoms with E-state index in [0.717, 1.165) is 31.0 Å². The Morgan fingerprint density at radius 3 is 2.94 bits per heavy atom. The Labute approximate surface area is 98.2 Å². The van der Waals surface area contributed by atoms with Crippen LogP contribution in [-0.4, -0.2) is 18.6 Å². The monoisotopic (exact) mass is 222 g/mol. The lowest BCUT2D eigenvalue weighted by atomic mass is 10.2. The van der Waals surface area contributed by atoms with Crippen LogP contribution in [0.15, 0.2) is 18.3 Å². The fourth-order valence-corrected chi connectivity index (χ4v) is 1.54. The van der Waals surface area contributed by atoms with Crippen LogP contribution in [0.1, 0.15) is 38.3 Å². The molecule has 0 aliphatic heterocycles. The van der Waals surface area contributed by atoms with E-state index in [1.54, 1.807) is 6.20 Å². The summed E-state index contributed by atoms with van der Waals surface area (Å²) in [5.41, 5.74) is 1.02. The van der Waals surface area contributed by atoms with E-state index in [4.69, 9.17) is 4.74 Å². The van der Waals surface area contributed by atoms with Crippen molar-refractivity contribution in [2.24, 2.45) is 0 Å². The predicted molar refractivity (Wildman–Crippen MR) is 66.6 cm³/mol. The van der Waals surface area contributed by atoms with Gasteiger partial charge in [-0.25, -0.2) is 0 Å². The van der Waals surface area contributed by atoms with Gasteiger partial charge in [-0.3, -0.25) is 4.98 Å². The minimum absolute atomic E-state index is 0.785. The second-order valence-electron chi connectivity index (χ2n) is 3.92. The van der Waals surface area contributed by atoms with Crippen molar-refractivity contribution in [2.45, 2.75) is 39.2 Å². The van der Waals surface area contributed by atoms with Crippen LogP contribution in [0.25, 0.3) is 0 Å². The summed E-state index contributed by atoms with van der Waals surface area (Å²) in [6, 6.07) is 3.91. The third kappa shape index (κ3) is 5.12. The molecule has 0 fully saturated rings. The zero-order chi connectivity index (χ0) is 11.6. The maximum Gasteiger partial charge on any atom is 0.122 e. The van der Waals surface area contributed by atoms with Crippen LogP contribution in [0, 0.1) is 0 Å². The molecule has 0 aromatic carbocycles. The minimum Gasteiger partial charge on any atom is -0.493 e. The van der Waals surface area contributed by atoms with Crippen molar-refractivity contribution in [3.8, 4) is 5.75 Å². The molecule has 0 unspecified atom stereocenters. The largest absolute Gasteiger partial charge is 0.493 e. The van der Waals surface area contributed by atoms with Gasteiger partial charge in [0.25, 0.3) is 0 Å². The van der Waals surface area contributed by atoms with Crippen LogP contribution in [0.3, 0.4) is 0 Å². The smallest absolute Gasteiger partial charge is 0.122 e. The number of unbranched alkanes of at least 4 members (excludes halogenated alkanes) is 3. The third-order valence-electron chi connectivity index (χ3n) is 2.41. The zero-order valence-corrected chi connectivity index (χ0v) is 10.3. The molecule has 0 bridgehead atoms. The summed E-state index contributed by atoms with van der Waals surface area (Å²) in [4.78, 5) is 4.24. The van der Waals surface area contributed by atoms with Crippen molar-refractivity contribution in [3.63, 3.8) is 0 Å². The maximum atomic E-state index is 5.67. The van der Waals surface area contributed by atoms with E-state index in [1.807, 2.05) is 19.2 Å². The van der Waals surface area contributed by atoms with E-state index in [1.165, 1.54) is 19.3 Å². The van der Waals surface area contributed by atoms with E-state index in [0.29, 0.717) is 0 Å². The fourth-order valence-electron chi connectivity index (χ4n) is 1.54. The summed E-state index contributed by atoms with van der Waals surface area (Å²) in [5, 5.41) is 3.08. The minimum atomic E-state index is 0.785. The lowest BCUT2D eigenvalue weighted by Crippen LogP contribution is -2.07. The second-order valence-corrected chi connectivity index (χ2v) is 3.92. The van der Waals surface area contributed by atoms with Gasteiger partial charge in [0.15, 0.2) is 0 Å². The first-order chi connectivity index (χ1) is 7.86. The molecule has 0 atom stereocenters. The molecule has 1 aromatic heterocycles. The number of hydrogen-bond acceptors (Lipinski definition) is 3. The molecule has 16 heavy (non-hydrogen) atoms. The molecule has 0 amide bonds. The third-order valence-corrected chi connectivity index (χ3v) is 2.41. The molecule has 0 aliphatic rings. The fraction of sp³-hybridized carbons (Fsp3) is 0.615. The summed E-state index contributed by atoms with van der Waals surface area (Å²) < 4.78 is 5.67. The number of rotatable bonds is 8. The zero-order valence-electron chi connectivity index (χ0n) is 10.3. The standard InChI is InChI=1S/C13H22N2O/c1-3-4-5-6-9-16-13-7-8-15-12(10-13)11-14-2/h7-8,10,14H,3-6,9,11H2,1-2H3. The van der Waals surface area contributed by atoms with Crippen LogP contribution in [0.4, 0.5) is 0 Å². The van der Waals surface area contributed by atoms with Crippen molar-refractivity contribution in [1.82, 2.24) is 10.3 Å². The predicted octanol–water partition coefficient (Wildman–Crippen LogP) is 2.76. The highest BCUT2D eigenvalue weighted by molar-refractivity contribution is 5.22. The number of nitrogens with one attached hydrogen (secondary N) is 1. The van der Waals surface area contributed by atoms with Crippen LogP contribution < -0.4 is 10.1 Å². The SMILES string of the molecule is CCCCCCOc1ccnc(CNC)c1. The topological polar surface area (TPSA) is 34.1 Å². The maximum absolute atomic E-state index is 5.67. The summed E-state index contributed by atoms with van der Waals surface area (Å²) in [6.07, 6.45) is 6.75. The molecule has 0 radical (unpaired) electrons. The van der Waals surface area contributed by atoms with Crippen molar-refractivity contribution >= 4 is 0 Å². The Hall–Kier alpha value is -1.09. The van der Waals surface area contributed by atoms with Gasteiger partial charge in [-0.1, -0.05) is 26.2 Å². The van der Waals surface area contributed by atoms with Gasteiger partial charge < -0.3 is 10.1 Å². The first kappa shape index (κ1) is 13.0. The first-order valence-corrected chi connectivity index (χ1v) is 6.09. The molecule has 0 aliphatic carbocycles. The molecular weight excluding hydrogens is 200 g/mol. The van der Waals surface area contributed by atoms with E-state index >= 15 is 0 Å². The molecule has 0 spiro atoms. The summed E-state index contributed by atoms with van der Waals surface area (Å²) in [5.74, 6) is 0.928. The van der Waals surface area contributed by atoms with Crippen molar-refractivity contribution < 1.29 is 4.74 Å². The lowest BCUT2D eigenvalue weighted by Gasteiger charge is -2.07. The van der Waals surface area contributed by atoms with E-state index in [2.05, 4.69) is 17.2 Å². The van der Waals surface area contributed by atoms with Crippen LogP contribution in [0.5, 0.6) is 5.75 Å². The van der Waals surface area contributed by atoms with Gasteiger partial charge in [-0.05, 0) is 19.5 Å². The van der Waals surface area contributed by atoms with E-state index in [9.17, 15) is 0 Å². The number of hydrogen-bond donors (Lipinski definition) is 1. The summed E-state index contributed by atoms with van der Waals surface area (Å²) in [6.45, 7) is 3.81. The van der Waals surface area contributed by atoms with Gasteiger partial charge in [-0.2, -0.15) is 0 Å². The molecule has 1 N–H and O–H groups in total. The summed E-state index contributed by atoms with van der Waals surface area (Å²) >= 11 is 0. The Balaban J connectivity index is 2.27. The highest BCUT2D eigenvalue weighted by atomic mass is 16.5. The van der Waals surface area contributed by atoms with Gasteiger partial charge >= 0.3 is 0 Å². The highest BCUT2D eigenvalue weighted by Gasteiger charge is 1.97. The highest BCUT2D eigenvalue weighted by Crippen LogP contribution is 2.11. The average molecular weight is 222 g/mol. The van der Waals surface area contributed by atoms with Gasteiger partial charge in [0.2, 0.25) is 0 Å². The molecule has 3 heteroatoms. The normalized spacial score (nSPS) is 10.4. The first-order valence-electron chi connectivity index (χ1n) is 6.09. The second kappa shape index (κ2) is 8.11. The van der Waals surface area contributed by atoms with Gasteiger partial charge in [0.05, 0.1) is 12.3 Å². The quantitative estimate of drug-likeness (QED) is 0.687. The van der Waals surface area contributed by atoms with Crippen LogP contribution >= 0.6 is 0 Å². The van der Waals surface area contributed by atoms with Crippen molar-refractivity contribution in [1.29, 1.82) is 0 Å². The molecule has 1 aromatic rings. The van der Waals surface area contributed by atoms with Crippen molar-refractivity contribution in [3.05, 3.63) is 24.0 Å². The van der Waals surface area contributed by atoms with Gasteiger partial charge in [0, 0.05) is 18.8 Å². The molecule has 3 nitrogen and oxygen atoms in total. The summed E-state index contributed by atoms with van der Waals surface area (Å²) in [7, 11) is 1.92. The average Bonchev–Trinajstić information content (AvgIpc) is 2.30. The number of nitrogens with zero attached hydrogens (tertiary/aromatic N) is 1. The Kier molecular flexibility index (Phi) is 6.58.